The molecule has 0 amide bonds. The first-order chi connectivity index (χ1) is 6.00. The molecule has 4 heteroatoms. The van der Waals surface area contributed by atoms with Crippen molar-refractivity contribution in [3.63, 3.8) is 0 Å². The van der Waals surface area contributed by atoms with E-state index < -0.39 is 12.0 Å². The monoisotopic (exact) mass is 199 g/mol. The SMILES string of the molecule is Cc1cc(C[C@H](N)C(=O)O)c(C)s1. The zero-order valence-electron chi connectivity index (χ0n) is 7.70. The zero-order chi connectivity index (χ0) is 10.0. The maximum atomic E-state index is 10.5. The third kappa shape index (κ3) is 2.54. The van der Waals surface area contributed by atoms with Crippen LogP contribution in [-0.2, 0) is 11.2 Å². The summed E-state index contributed by atoms with van der Waals surface area (Å²) in [7, 11) is 0. The molecule has 1 rings (SSSR count). The van der Waals surface area contributed by atoms with Gasteiger partial charge in [-0.2, -0.15) is 0 Å². The largest absolute Gasteiger partial charge is 0.480 e. The Morgan fingerprint density at radius 3 is 2.69 bits per heavy atom. The third-order valence-corrected chi connectivity index (χ3v) is 2.91. The number of rotatable bonds is 3. The average Bonchev–Trinajstić information content (AvgIpc) is 2.30. The normalized spacial score (nSPS) is 12.8. The van der Waals surface area contributed by atoms with Gasteiger partial charge in [-0.3, -0.25) is 4.79 Å². The van der Waals surface area contributed by atoms with E-state index in [4.69, 9.17) is 10.8 Å². The fourth-order valence-electron chi connectivity index (χ4n) is 1.21. The highest BCUT2D eigenvalue weighted by Crippen LogP contribution is 2.21. The molecule has 0 saturated carbocycles. The van der Waals surface area contributed by atoms with E-state index in [9.17, 15) is 4.79 Å². The summed E-state index contributed by atoms with van der Waals surface area (Å²) >= 11 is 1.67. The Kier molecular flexibility index (Phi) is 3.06. The highest BCUT2D eigenvalue weighted by Gasteiger charge is 2.14. The van der Waals surface area contributed by atoms with E-state index in [1.54, 1.807) is 11.3 Å². The van der Waals surface area contributed by atoms with Gasteiger partial charge in [0.25, 0.3) is 0 Å². The summed E-state index contributed by atoms with van der Waals surface area (Å²) in [6.45, 7) is 4.00. The summed E-state index contributed by atoms with van der Waals surface area (Å²) in [5.41, 5.74) is 6.48. The van der Waals surface area contributed by atoms with Crippen LogP contribution in [0.3, 0.4) is 0 Å². The molecule has 1 aromatic rings. The van der Waals surface area contributed by atoms with Crippen LogP contribution in [0.4, 0.5) is 0 Å². The fourth-order valence-corrected chi connectivity index (χ4v) is 2.17. The van der Waals surface area contributed by atoms with E-state index >= 15 is 0 Å². The van der Waals surface area contributed by atoms with E-state index in [1.807, 2.05) is 19.9 Å². The van der Waals surface area contributed by atoms with Gasteiger partial charge in [-0.05, 0) is 31.9 Å². The molecule has 0 radical (unpaired) electrons. The van der Waals surface area contributed by atoms with Crippen LogP contribution in [0.1, 0.15) is 15.3 Å². The Bertz CT molecular complexity index is 319. The van der Waals surface area contributed by atoms with Crippen LogP contribution >= 0.6 is 11.3 Å². The summed E-state index contributed by atoms with van der Waals surface area (Å²) in [6, 6.07) is 1.22. The minimum absolute atomic E-state index is 0.422. The molecular formula is C9H13NO2S. The average molecular weight is 199 g/mol. The summed E-state index contributed by atoms with van der Waals surface area (Å²) in [4.78, 5) is 12.9. The second-order valence-electron chi connectivity index (χ2n) is 3.09. The highest BCUT2D eigenvalue weighted by atomic mass is 32.1. The second-order valence-corrected chi connectivity index (χ2v) is 4.55. The van der Waals surface area contributed by atoms with E-state index in [0.29, 0.717) is 6.42 Å². The molecule has 1 aromatic heterocycles. The van der Waals surface area contributed by atoms with E-state index in [-0.39, 0.29) is 0 Å². The van der Waals surface area contributed by atoms with Crippen LogP contribution in [0.15, 0.2) is 6.07 Å². The number of hydrogen-bond donors (Lipinski definition) is 2. The minimum Gasteiger partial charge on any atom is -0.480 e. The van der Waals surface area contributed by atoms with Gasteiger partial charge in [0.2, 0.25) is 0 Å². The number of carbonyl (C=O) groups is 1. The van der Waals surface area contributed by atoms with Crippen molar-refractivity contribution < 1.29 is 9.90 Å². The van der Waals surface area contributed by atoms with Gasteiger partial charge in [0.15, 0.2) is 0 Å². The number of aliphatic carboxylic acids is 1. The Morgan fingerprint density at radius 1 is 1.69 bits per heavy atom. The van der Waals surface area contributed by atoms with Gasteiger partial charge in [0, 0.05) is 9.75 Å². The molecule has 0 fully saturated rings. The lowest BCUT2D eigenvalue weighted by atomic mass is 10.1. The lowest BCUT2D eigenvalue weighted by Crippen LogP contribution is -2.32. The van der Waals surface area contributed by atoms with Crippen molar-refractivity contribution in [3.8, 4) is 0 Å². The van der Waals surface area contributed by atoms with Gasteiger partial charge in [-0.25, -0.2) is 0 Å². The first-order valence-electron chi connectivity index (χ1n) is 4.05. The van der Waals surface area contributed by atoms with Crippen LogP contribution in [0, 0.1) is 13.8 Å². The molecule has 1 heterocycles. The third-order valence-electron chi connectivity index (χ3n) is 1.90. The molecule has 3 nitrogen and oxygen atoms in total. The van der Waals surface area contributed by atoms with Crippen LogP contribution in [0.25, 0.3) is 0 Å². The van der Waals surface area contributed by atoms with Gasteiger partial charge >= 0.3 is 5.97 Å². The van der Waals surface area contributed by atoms with Gasteiger partial charge in [-0.15, -0.1) is 11.3 Å². The Balaban J connectivity index is 2.74. The predicted octanol–water partition coefficient (Wildman–Crippen LogP) is 1.32. The van der Waals surface area contributed by atoms with Crippen molar-refractivity contribution in [2.45, 2.75) is 26.3 Å². The van der Waals surface area contributed by atoms with Crippen molar-refractivity contribution in [1.29, 1.82) is 0 Å². The minimum atomic E-state index is -0.941. The molecule has 0 spiro atoms. The highest BCUT2D eigenvalue weighted by molar-refractivity contribution is 7.12. The number of hydrogen-bond acceptors (Lipinski definition) is 3. The Labute approximate surface area is 81.2 Å². The standard InChI is InChI=1S/C9H13NO2S/c1-5-3-7(6(2)13-5)4-8(10)9(11)12/h3,8H,4,10H2,1-2H3,(H,11,12)/t8-/m0/s1. The van der Waals surface area contributed by atoms with Crippen molar-refractivity contribution in [2.75, 3.05) is 0 Å². The molecule has 0 aliphatic carbocycles. The Hall–Kier alpha value is -0.870. The summed E-state index contributed by atoms with van der Waals surface area (Å²) < 4.78 is 0. The van der Waals surface area contributed by atoms with Crippen molar-refractivity contribution in [3.05, 3.63) is 21.4 Å². The van der Waals surface area contributed by atoms with Crippen molar-refractivity contribution in [1.82, 2.24) is 0 Å². The molecule has 0 aromatic carbocycles. The maximum absolute atomic E-state index is 10.5. The van der Waals surface area contributed by atoms with Gasteiger partial charge in [0.05, 0.1) is 0 Å². The molecule has 72 valence electrons. The fraction of sp³-hybridized carbons (Fsp3) is 0.444. The van der Waals surface area contributed by atoms with Crippen LogP contribution in [0.5, 0.6) is 0 Å². The zero-order valence-corrected chi connectivity index (χ0v) is 8.52. The molecule has 3 N–H and O–H groups in total. The van der Waals surface area contributed by atoms with E-state index in [0.717, 1.165) is 10.4 Å². The Morgan fingerprint density at radius 2 is 2.31 bits per heavy atom. The number of nitrogens with two attached hydrogens (primary N) is 1. The summed E-state index contributed by atoms with van der Waals surface area (Å²) in [6.07, 6.45) is 0.422. The van der Waals surface area contributed by atoms with Crippen molar-refractivity contribution >= 4 is 17.3 Å². The molecule has 13 heavy (non-hydrogen) atoms. The maximum Gasteiger partial charge on any atom is 0.320 e. The molecule has 0 saturated heterocycles. The van der Waals surface area contributed by atoms with Gasteiger partial charge in [-0.1, -0.05) is 0 Å². The predicted molar refractivity (Wildman–Crippen MR) is 53.1 cm³/mol. The summed E-state index contributed by atoms with van der Waals surface area (Å²) in [5.74, 6) is -0.941. The quantitative estimate of drug-likeness (QED) is 0.771. The molecule has 0 aliphatic heterocycles. The van der Waals surface area contributed by atoms with Crippen LogP contribution < -0.4 is 5.73 Å². The van der Waals surface area contributed by atoms with Gasteiger partial charge < -0.3 is 10.8 Å². The van der Waals surface area contributed by atoms with Crippen molar-refractivity contribution in [2.24, 2.45) is 5.73 Å². The molecular weight excluding hydrogens is 186 g/mol. The summed E-state index contributed by atoms with van der Waals surface area (Å²) in [5, 5.41) is 8.62. The lowest BCUT2D eigenvalue weighted by molar-refractivity contribution is -0.138. The lowest BCUT2D eigenvalue weighted by Gasteiger charge is -2.04. The number of thiophene rings is 1. The van der Waals surface area contributed by atoms with Crippen LogP contribution in [0.2, 0.25) is 0 Å². The molecule has 0 aliphatic rings. The molecule has 1 atom stereocenters. The second kappa shape index (κ2) is 3.89. The van der Waals surface area contributed by atoms with E-state index in [1.165, 1.54) is 4.88 Å². The first-order valence-corrected chi connectivity index (χ1v) is 4.86. The van der Waals surface area contributed by atoms with Gasteiger partial charge in [0.1, 0.15) is 6.04 Å². The smallest absolute Gasteiger partial charge is 0.320 e. The van der Waals surface area contributed by atoms with Crippen LogP contribution in [-0.4, -0.2) is 17.1 Å². The number of carboxylic acids is 1. The van der Waals surface area contributed by atoms with E-state index in [2.05, 4.69) is 0 Å². The first kappa shape index (κ1) is 10.2. The molecule has 0 unspecified atom stereocenters. The number of carboxylic acid groups (broad SMARTS) is 1. The topological polar surface area (TPSA) is 63.3 Å². The molecule has 0 bridgehead atoms. The number of aryl methyl sites for hydroxylation is 2.